The Morgan fingerprint density at radius 2 is 1.53 bits per heavy atom. The maximum absolute atomic E-state index is 14.2. The second-order valence-electron chi connectivity index (χ2n) is 8.55. The number of nitrogens with one attached hydrogen (secondary N) is 1. The number of carbonyl (C=O) groups is 1. The summed E-state index contributed by atoms with van der Waals surface area (Å²) < 4.78 is 14.2. The molecule has 168 valence electrons. The zero-order valence-electron chi connectivity index (χ0n) is 18.5. The van der Waals surface area contributed by atoms with Crippen LogP contribution >= 0.6 is 0 Å². The van der Waals surface area contributed by atoms with Gasteiger partial charge in [0.15, 0.2) is 0 Å². The Morgan fingerprint density at radius 1 is 0.824 bits per heavy atom. The Balaban J connectivity index is 1.36. The number of benzene rings is 3. The quantitative estimate of drug-likeness (QED) is 0.396. The number of anilines is 1. The van der Waals surface area contributed by atoms with Crippen LogP contribution in [0.2, 0.25) is 0 Å². The van der Waals surface area contributed by atoms with Crippen LogP contribution in [0.25, 0.3) is 33.1 Å². The third-order valence-electron chi connectivity index (χ3n) is 6.52. The molecular formula is C28H23FN4O. The number of amides is 1. The van der Waals surface area contributed by atoms with Gasteiger partial charge in [0.05, 0.1) is 16.9 Å². The minimum absolute atomic E-state index is 0.0995. The smallest absolute Gasteiger partial charge is 0.272 e. The van der Waals surface area contributed by atoms with Gasteiger partial charge >= 0.3 is 0 Å². The van der Waals surface area contributed by atoms with E-state index in [9.17, 15) is 9.18 Å². The van der Waals surface area contributed by atoms with E-state index in [1.807, 2.05) is 70.5 Å². The van der Waals surface area contributed by atoms with E-state index in [1.165, 1.54) is 6.07 Å². The molecule has 34 heavy (non-hydrogen) atoms. The molecule has 5 nitrogen and oxygen atoms in total. The maximum atomic E-state index is 14.2. The van der Waals surface area contributed by atoms with Gasteiger partial charge in [-0.15, -0.1) is 0 Å². The molecule has 3 heterocycles. The number of hydrogen-bond donors (Lipinski definition) is 1. The number of halogens is 1. The molecule has 5 aromatic rings. The molecule has 6 heteroatoms. The van der Waals surface area contributed by atoms with E-state index in [4.69, 9.17) is 4.98 Å². The molecule has 1 fully saturated rings. The van der Waals surface area contributed by atoms with Gasteiger partial charge in [-0.3, -0.25) is 4.79 Å². The predicted molar refractivity (Wildman–Crippen MR) is 134 cm³/mol. The summed E-state index contributed by atoms with van der Waals surface area (Å²) in [5, 5.41) is 2.05. The van der Waals surface area contributed by atoms with Crippen molar-refractivity contribution in [3.63, 3.8) is 0 Å². The van der Waals surface area contributed by atoms with Crippen LogP contribution in [-0.4, -0.2) is 47.0 Å². The number of rotatable bonds is 3. The average molecular weight is 451 g/mol. The summed E-state index contributed by atoms with van der Waals surface area (Å²) in [5.41, 5.74) is 4.67. The summed E-state index contributed by atoms with van der Waals surface area (Å²) in [7, 11) is 0. The lowest BCUT2D eigenvalue weighted by Gasteiger charge is -2.36. The Hall–Kier alpha value is -4.19. The van der Waals surface area contributed by atoms with Gasteiger partial charge in [-0.05, 0) is 24.3 Å². The molecule has 6 rings (SSSR count). The topological polar surface area (TPSA) is 52.2 Å². The minimum Gasteiger partial charge on any atom is -0.366 e. The molecule has 0 unspecified atom stereocenters. The molecule has 0 spiro atoms. The van der Waals surface area contributed by atoms with Gasteiger partial charge in [-0.25, -0.2) is 9.37 Å². The van der Waals surface area contributed by atoms with Crippen LogP contribution in [0.5, 0.6) is 0 Å². The Morgan fingerprint density at radius 3 is 2.32 bits per heavy atom. The van der Waals surface area contributed by atoms with Crippen LogP contribution in [0, 0.1) is 5.82 Å². The standard InChI is InChI=1S/C28H23FN4O/c29-22-11-5-7-13-25(22)32-14-16-33(17-15-32)28(34)24-18-21-20-10-4-6-12-23(20)30-27(21)26(31-24)19-8-2-1-3-9-19/h1-13,18,30H,14-17H2. The summed E-state index contributed by atoms with van der Waals surface area (Å²) in [4.78, 5) is 25.7. The number of piperazine rings is 1. The van der Waals surface area contributed by atoms with E-state index < -0.39 is 0 Å². The molecule has 0 radical (unpaired) electrons. The lowest BCUT2D eigenvalue weighted by Crippen LogP contribution is -2.49. The molecule has 3 aromatic carbocycles. The van der Waals surface area contributed by atoms with E-state index in [-0.39, 0.29) is 11.7 Å². The van der Waals surface area contributed by atoms with Crippen LogP contribution < -0.4 is 4.90 Å². The Kier molecular flexibility index (Phi) is 4.99. The van der Waals surface area contributed by atoms with Gasteiger partial charge in [-0.1, -0.05) is 60.7 Å². The summed E-state index contributed by atoms with van der Waals surface area (Å²) >= 11 is 0. The molecule has 0 bridgehead atoms. The molecule has 0 atom stereocenters. The van der Waals surface area contributed by atoms with Gasteiger partial charge in [0.25, 0.3) is 5.91 Å². The number of para-hydroxylation sites is 2. The van der Waals surface area contributed by atoms with E-state index in [0.717, 1.165) is 33.1 Å². The van der Waals surface area contributed by atoms with Gasteiger partial charge in [-0.2, -0.15) is 0 Å². The lowest BCUT2D eigenvalue weighted by molar-refractivity contribution is 0.0741. The first-order valence-electron chi connectivity index (χ1n) is 11.4. The number of pyridine rings is 1. The second kappa shape index (κ2) is 8.30. The number of hydrogen-bond acceptors (Lipinski definition) is 3. The van der Waals surface area contributed by atoms with Crippen LogP contribution in [0.15, 0.2) is 84.9 Å². The molecule has 1 N–H and O–H groups in total. The van der Waals surface area contributed by atoms with Gasteiger partial charge in [0.2, 0.25) is 0 Å². The maximum Gasteiger partial charge on any atom is 0.272 e. The Bertz CT molecular complexity index is 1500. The minimum atomic E-state index is -0.235. The molecule has 1 saturated heterocycles. The van der Waals surface area contributed by atoms with Crippen molar-refractivity contribution < 1.29 is 9.18 Å². The first-order chi connectivity index (χ1) is 16.7. The highest BCUT2D eigenvalue weighted by atomic mass is 19.1. The fraction of sp³-hybridized carbons (Fsp3) is 0.143. The second-order valence-corrected chi connectivity index (χ2v) is 8.55. The zero-order chi connectivity index (χ0) is 23.1. The molecular weight excluding hydrogens is 427 g/mol. The lowest BCUT2D eigenvalue weighted by atomic mass is 10.1. The predicted octanol–water partition coefficient (Wildman–Crippen LogP) is 5.48. The van der Waals surface area contributed by atoms with Crippen molar-refractivity contribution in [3.05, 3.63) is 96.4 Å². The SMILES string of the molecule is O=C(c1cc2c([nH]c3ccccc32)c(-c2ccccc2)n1)N1CCN(c2ccccc2F)CC1. The molecule has 0 saturated carbocycles. The van der Waals surface area contributed by atoms with Gasteiger partial charge in [0.1, 0.15) is 11.5 Å². The largest absolute Gasteiger partial charge is 0.366 e. The zero-order valence-corrected chi connectivity index (χ0v) is 18.5. The van der Waals surface area contributed by atoms with Crippen LogP contribution in [0.3, 0.4) is 0 Å². The molecule has 1 amide bonds. The number of H-pyrrole nitrogens is 1. The number of aromatic amines is 1. The fourth-order valence-electron chi connectivity index (χ4n) is 4.78. The van der Waals surface area contributed by atoms with Crippen LogP contribution in [-0.2, 0) is 0 Å². The van der Waals surface area contributed by atoms with Crippen molar-refractivity contribution in [2.24, 2.45) is 0 Å². The highest BCUT2D eigenvalue weighted by Gasteiger charge is 2.26. The molecule has 2 aromatic heterocycles. The molecule has 1 aliphatic heterocycles. The van der Waals surface area contributed by atoms with Crippen LogP contribution in [0.4, 0.5) is 10.1 Å². The average Bonchev–Trinajstić information content (AvgIpc) is 3.27. The third-order valence-corrected chi connectivity index (χ3v) is 6.52. The monoisotopic (exact) mass is 450 g/mol. The number of carbonyl (C=O) groups excluding carboxylic acids is 1. The van der Waals surface area contributed by atoms with Crippen molar-refractivity contribution >= 4 is 33.4 Å². The van der Waals surface area contributed by atoms with Crippen molar-refractivity contribution in [1.82, 2.24) is 14.9 Å². The summed E-state index contributed by atoms with van der Waals surface area (Å²) in [6, 6.07) is 26.7. The Labute approximate surface area is 196 Å². The van der Waals surface area contributed by atoms with Crippen molar-refractivity contribution in [2.75, 3.05) is 31.1 Å². The van der Waals surface area contributed by atoms with E-state index in [0.29, 0.717) is 37.6 Å². The first-order valence-corrected chi connectivity index (χ1v) is 11.4. The number of fused-ring (bicyclic) bond motifs is 3. The van der Waals surface area contributed by atoms with Gasteiger partial charge in [0, 0.05) is 48.0 Å². The van der Waals surface area contributed by atoms with Crippen molar-refractivity contribution in [2.45, 2.75) is 0 Å². The van der Waals surface area contributed by atoms with E-state index in [1.54, 1.807) is 12.1 Å². The van der Waals surface area contributed by atoms with Crippen molar-refractivity contribution in [1.29, 1.82) is 0 Å². The van der Waals surface area contributed by atoms with Crippen LogP contribution in [0.1, 0.15) is 10.5 Å². The van der Waals surface area contributed by atoms with E-state index >= 15 is 0 Å². The first kappa shape index (κ1) is 20.4. The van der Waals surface area contributed by atoms with E-state index in [2.05, 4.69) is 11.1 Å². The fourth-order valence-corrected chi connectivity index (χ4v) is 4.78. The van der Waals surface area contributed by atoms with Gasteiger partial charge < -0.3 is 14.8 Å². The summed E-state index contributed by atoms with van der Waals surface area (Å²) in [6.07, 6.45) is 0. The highest BCUT2D eigenvalue weighted by Crippen LogP contribution is 2.33. The highest BCUT2D eigenvalue weighted by molar-refractivity contribution is 6.13. The molecule has 1 aliphatic rings. The number of aromatic nitrogens is 2. The summed E-state index contributed by atoms with van der Waals surface area (Å²) in [6.45, 7) is 2.18. The molecule has 0 aliphatic carbocycles. The summed E-state index contributed by atoms with van der Waals surface area (Å²) in [5.74, 6) is -0.334. The number of nitrogens with zero attached hydrogens (tertiary/aromatic N) is 3. The third kappa shape index (κ3) is 3.48. The normalized spacial score (nSPS) is 14.1. The van der Waals surface area contributed by atoms with Crippen molar-refractivity contribution in [3.8, 4) is 11.3 Å².